The Balaban J connectivity index is 1.93. The standard InChI is InChI=1S/C15H17N3O2/c16-9-11-8-10-2-1-3-13(10)17-15(11)18(12-4-5-12)7-6-14(19)20/h8,12H,1-7H2,(H,19,20). The number of fused-ring (bicyclic) bond motifs is 1. The summed E-state index contributed by atoms with van der Waals surface area (Å²) in [5, 5.41) is 18.2. The Kier molecular flexibility index (Phi) is 3.31. The molecule has 0 atom stereocenters. The Morgan fingerprint density at radius 2 is 2.30 bits per heavy atom. The summed E-state index contributed by atoms with van der Waals surface area (Å²) < 4.78 is 0. The van der Waals surface area contributed by atoms with E-state index >= 15 is 0 Å². The van der Waals surface area contributed by atoms with E-state index in [1.165, 1.54) is 5.56 Å². The van der Waals surface area contributed by atoms with Crippen molar-refractivity contribution < 1.29 is 9.90 Å². The molecular formula is C15H17N3O2. The third-order valence-electron chi connectivity index (χ3n) is 3.98. The Morgan fingerprint density at radius 1 is 1.50 bits per heavy atom. The number of aryl methyl sites for hydroxylation is 2. The predicted octanol–water partition coefficient (Wildman–Crippen LogP) is 1.89. The minimum atomic E-state index is -0.810. The van der Waals surface area contributed by atoms with Gasteiger partial charge in [-0.25, -0.2) is 4.98 Å². The normalized spacial score (nSPS) is 16.6. The SMILES string of the molecule is N#Cc1cc2c(nc1N(CCC(=O)O)C1CC1)CCC2. The van der Waals surface area contributed by atoms with Gasteiger partial charge in [0.25, 0.3) is 0 Å². The van der Waals surface area contributed by atoms with Gasteiger partial charge in [0.05, 0.1) is 12.0 Å². The molecular weight excluding hydrogens is 254 g/mol. The average molecular weight is 271 g/mol. The van der Waals surface area contributed by atoms with Gasteiger partial charge in [0, 0.05) is 18.3 Å². The summed E-state index contributed by atoms with van der Waals surface area (Å²) in [4.78, 5) is 17.5. The number of nitrogens with zero attached hydrogens (tertiary/aromatic N) is 3. The van der Waals surface area contributed by atoms with Crippen molar-refractivity contribution in [1.29, 1.82) is 5.26 Å². The number of nitriles is 1. The summed E-state index contributed by atoms with van der Waals surface area (Å²) in [6, 6.07) is 4.52. The van der Waals surface area contributed by atoms with Crippen LogP contribution in [-0.2, 0) is 17.6 Å². The van der Waals surface area contributed by atoms with Crippen LogP contribution in [0.3, 0.4) is 0 Å². The molecule has 0 aromatic carbocycles. The van der Waals surface area contributed by atoms with Crippen molar-refractivity contribution in [3.05, 3.63) is 22.9 Å². The summed E-state index contributed by atoms with van der Waals surface area (Å²) in [5.74, 6) is -0.118. The number of anilines is 1. The zero-order valence-corrected chi connectivity index (χ0v) is 11.3. The summed E-state index contributed by atoms with van der Waals surface area (Å²) in [6.45, 7) is 0.431. The van der Waals surface area contributed by atoms with Crippen molar-refractivity contribution >= 4 is 11.8 Å². The highest BCUT2D eigenvalue weighted by molar-refractivity contribution is 5.68. The van der Waals surface area contributed by atoms with Crippen LogP contribution in [0.5, 0.6) is 0 Å². The van der Waals surface area contributed by atoms with Crippen molar-refractivity contribution in [1.82, 2.24) is 4.98 Å². The first-order valence-electron chi connectivity index (χ1n) is 7.10. The fraction of sp³-hybridized carbons (Fsp3) is 0.533. The highest BCUT2D eigenvalue weighted by atomic mass is 16.4. The molecule has 0 amide bonds. The molecule has 0 spiro atoms. The van der Waals surface area contributed by atoms with Crippen molar-refractivity contribution in [3.63, 3.8) is 0 Å². The number of rotatable bonds is 5. The first-order chi connectivity index (χ1) is 9.69. The first-order valence-corrected chi connectivity index (χ1v) is 7.10. The van der Waals surface area contributed by atoms with E-state index in [-0.39, 0.29) is 6.42 Å². The molecule has 5 heteroatoms. The van der Waals surface area contributed by atoms with Gasteiger partial charge >= 0.3 is 5.97 Å². The highest BCUT2D eigenvalue weighted by Crippen LogP contribution is 2.34. The topological polar surface area (TPSA) is 77.2 Å². The van der Waals surface area contributed by atoms with E-state index in [0.717, 1.165) is 37.8 Å². The molecule has 1 aromatic rings. The molecule has 1 saturated carbocycles. The number of carboxylic acids is 1. The van der Waals surface area contributed by atoms with E-state index < -0.39 is 5.97 Å². The van der Waals surface area contributed by atoms with Gasteiger partial charge in [0.15, 0.2) is 0 Å². The molecule has 2 aliphatic rings. The van der Waals surface area contributed by atoms with E-state index in [1.807, 2.05) is 11.0 Å². The second-order valence-electron chi connectivity index (χ2n) is 5.50. The Morgan fingerprint density at radius 3 is 2.95 bits per heavy atom. The monoisotopic (exact) mass is 271 g/mol. The van der Waals surface area contributed by atoms with E-state index in [0.29, 0.717) is 24.0 Å². The number of hydrogen-bond acceptors (Lipinski definition) is 4. The van der Waals surface area contributed by atoms with Crippen LogP contribution in [0, 0.1) is 11.3 Å². The Hall–Kier alpha value is -2.09. The highest BCUT2D eigenvalue weighted by Gasteiger charge is 2.32. The number of hydrogen-bond donors (Lipinski definition) is 1. The summed E-state index contributed by atoms with van der Waals surface area (Å²) >= 11 is 0. The minimum Gasteiger partial charge on any atom is -0.481 e. The number of aromatic nitrogens is 1. The van der Waals surface area contributed by atoms with Gasteiger partial charge in [0.2, 0.25) is 0 Å². The second kappa shape index (κ2) is 5.12. The molecule has 0 saturated heterocycles. The maximum absolute atomic E-state index is 10.8. The van der Waals surface area contributed by atoms with Crippen LogP contribution in [0.2, 0.25) is 0 Å². The second-order valence-corrected chi connectivity index (χ2v) is 5.50. The largest absolute Gasteiger partial charge is 0.481 e. The summed E-state index contributed by atoms with van der Waals surface area (Å²) in [6.07, 6.45) is 5.25. The Bertz CT molecular complexity index is 588. The van der Waals surface area contributed by atoms with Crippen LogP contribution < -0.4 is 4.90 Å². The molecule has 0 unspecified atom stereocenters. The fourth-order valence-corrected chi connectivity index (χ4v) is 2.83. The van der Waals surface area contributed by atoms with Crippen LogP contribution in [0.25, 0.3) is 0 Å². The third-order valence-corrected chi connectivity index (χ3v) is 3.98. The number of pyridine rings is 1. The lowest BCUT2D eigenvalue weighted by molar-refractivity contribution is -0.136. The molecule has 5 nitrogen and oxygen atoms in total. The van der Waals surface area contributed by atoms with Crippen LogP contribution in [0.1, 0.15) is 42.5 Å². The predicted molar refractivity (Wildman–Crippen MR) is 73.6 cm³/mol. The molecule has 1 N–H and O–H groups in total. The maximum atomic E-state index is 10.8. The van der Waals surface area contributed by atoms with Gasteiger partial charge in [-0.15, -0.1) is 0 Å². The van der Waals surface area contributed by atoms with E-state index in [1.54, 1.807) is 0 Å². The van der Waals surface area contributed by atoms with Gasteiger partial charge in [-0.2, -0.15) is 5.26 Å². The zero-order valence-electron chi connectivity index (χ0n) is 11.3. The maximum Gasteiger partial charge on any atom is 0.305 e. The smallest absolute Gasteiger partial charge is 0.305 e. The molecule has 0 bridgehead atoms. The van der Waals surface area contributed by atoms with E-state index in [4.69, 9.17) is 5.11 Å². The minimum absolute atomic E-state index is 0.0835. The molecule has 0 aliphatic heterocycles. The van der Waals surface area contributed by atoms with E-state index in [2.05, 4.69) is 11.1 Å². The quantitative estimate of drug-likeness (QED) is 0.884. The molecule has 1 aromatic heterocycles. The molecule has 0 radical (unpaired) electrons. The molecule has 20 heavy (non-hydrogen) atoms. The van der Waals surface area contributed by atoms with Crippen molar-refractivity contribution in [2.45, 2.75) is 44.6 Å². The average Bonchev–Trinajstić information content (AvgIpc) is 3.16. The number of aliphatic carboxylic acids is 1. The lowest BCUT2D eigenvalue weighted by Crippen LogP contribution is -2.30. The van der Waals surface area contributed by atoms with Crippen LogP contribution >= 0.6 is 0 Å². The number of carbonyl (C=O) groups is 1. The summed E-state index contributed by atoms with van der Waals surface area (Å²) in [5.41, 5.74) is 2.85. The zero-order chi connectivity index (χ0) is 14.1. The summed E-state index contributed by atoms with van der Waals surface area (Å²) in [7, 11) is 0. The van der Waals surface area contributed by atoms with Crippen LogP contribution in [-0.4, -0.2) is 28.6 Å². The molecule has 1 heterocycles. The first kappa shape index (κ1) is 12.9. The molecule has 3 rings (SSSR count). The van der Waals surface area contributed by atoms with Crippen molar-refractivity contribution in [2.75, 3.05) is 11.4 Å². The Labute approximate surface area is 117 Å². The molecule has 2 aliphatic carbocycles. The van der Waals surface area contributed by atoms with Gasteiger partial charge in [-0.05, 0) is 43.7 Å². The third kappa shape index (κ3) is 2.46. The van der Waals surface area contributed by atoms with Gasteiger partial charge in [0.1, 0.15) is 11.9 Å². The molecule has 1 fully saturated rings. The molecule has 104 valence electrons. The van der Waals surface area contributed by atoms with Gasteiger partial charge < -0.3 is 10.0 Å². The fourth-order valence-electron chi connectivity index (χ4n) is 2.83. The van der Waals surface area contributed by atoms with Crippen molar-refractivity contribution in [3.8, 4) is 6.07 Å². The number of carboxylic acid groups (broad SMARTS) is 1. The lowest BCUT2D eigenvalue weighted by atomic mass is 10.1. The van der Waals surface area contributed by atoms with Crippen molar-refractivity contribution in [2.24, 2.45) is 0 Å². The van der Waals surface area contributed by atoms with Gasteiger partial charge in [-0.3, -0.25) is 4.79 Å². The van der Waals surface area contributed by atoms with Gasteiger partial charge in [-0.1, -0.05) is 0 Å². The van der Waals surface area contributed by atoms with Crippen LogP contribution in [0.4, 0.5) is 5.82 Å². The van der Waals surface area contributed by atoms with Crippen LogP contribution in [0.15, 0.2) is 6.07 Å². The lowest BCUT2D eigenvalue weighted by Gasteiger charge is -2.24. The van der Waals surface area contributed by atoms with E-state index in [9.17, 15) is 10.1 Å².